The van der Waals surface area contributed by atoms with Crippen molar-refractivity contribution in [1.29, 1.82) is 0 Å². The molecule has 0 saturated carbocycles. The molecule has 2 heterocycles. The molecule has 0 atom stereocenters. The van der Waals surface area contributed by atoms with E-state index >= 15 is 0 Å². The molecule has 0 fully saturated rings. The maximum Gasteiger partial charge on any atom is 0.103 e. The lowest BCUT2D eigenvalue weighted by molar-refractivity contribution is 1.31. The van der Waals surface area contributed by atoms with E-state index in [1.807, 2.05) is 18.2 Å². The number of aliphatic imine (C=N–C) groups is 1. The van der Waals surface area contributed by atoms with Gasteiger partial charge < -0.3 is 5.32 Å². The van der Waals surface area contributed by atoms with E-state index in [4.69, 9.17) is 12.2 Å². The first-order valence-corrected chi connectivity index (χ1v) is 6.61. The van der Waals surface area contributed by atoms with Gasteiger partial charge in [0.2, 0.25) is 0 Å². The molecule has 2 nitrogen and oxygen atoms in total. The van der Waals surface area contributed by atoms with Gasteiger partial charge in [-0.25, -0.2) is 0 Å². The number of hydrogen-bond acceptors (Lipinski definition) is 3. The maximum atomic E-state index is 5.23. The van der Waals surface area contributed by atoms with Gasteiger partial charge in [-0.2, -0.15) is 0 Å². The topological polar surface area (TPSA) is 24.4 Å². The molecule has 0 spiro atoms. The van der Waals surface area contributed by atoms with Gasteiger partial charge in [-0.1, -0.05) is 42.5 Å². The second kappa shape index (κ2) is 4.39. The van der Waals surface area contributed by atoms with Crippen LogP contribution in [-0.2, 0) is 0 Å². The zero-order valence-corrected chi connectivity index (χ0v) is 10.6. The van der Waals surface area contributed by atoms with Crippen LogP contribution < -0.4 is 5.32 Å². The lowest BCUT2D eigenvalue weighted by atomic mass is 10.0. The number of hydrogen-bond donors (Lipinski definition) is 1. The Balaban J connectivity index is 2.14. The molecule has 84 valence electrons. The average Bonchev–Trinajstić information content (AvgIpc) is 2.73. The normalized spacial score (nSPS) is 14.6. The number of nitrogens with zero attached hydrogens (tertiary/aromatic N) is 1. The van der Waals surface area contributed by atoms with Gasteiger partial charge in [0.25, 0.3) is 0 Å². The molecule has 0 unspecified atom stereocenters. The summed E-state index contributed by atoms with van der Waals surface area (Å²) in [6, 6.07) is 12.3. The van der Waals surface area contributed by atoms with Gasteiger partial charge in [0.05, 0.1) is 12.3 Å². The Bertz CT molecular complexity index is 584. The van der Waals surface area contributed by atoms with Crippen LogP contribution in [0.4, 0.5) is 5.00 Å². The van der Waals surface area contributed by atoms with Gasteiger partial charge in [-0.3, -0.25) is 4.99 Å². The van der Waals surface area contributed by atoms with Crippen LogP contribution in [0.5, 0.6) is 0 Å². The summed E-state index contributed by atoms with van der Waals surface area (Å²) < 4.78 is 0. The summed E-state index contributed by atoms with van der Waals surface area (Å²) in [5.74, 6) is 0. The van der Waals surface area contributed by atoms with Gasteiger partial charge in [-0.15, -0.1) is 11.3 Å². The molecule has 0 saturated heterocycles. The lowest BCUT2D eigenvalue weighted by Crippen LogP contribution is -2.09. The van der Waals surface area contributed by atoms with Crippen molar-refractivity contribution in [2.24, 2.45) is 4.99 Å². The Kier molecular flexibility index (Phi) is 2.74. The highest BCUT2D eigenvalue weighted by Crippen LogP contribution is 2.28. The highest BCUT2D eigenvalue weighted by atomic mass is 32.1. The fraction of sp³-hybridized carbons (Fsp3) is 0.0769. The monoisotopic (exact) mass is 258 g/mol. The molecule has 0 radical (unpaired) electrons. The van der Waals surface area contributed by atoms with Crippen molar-refractivity contribution in [3.05, 3.63) is 52.9 Å². The molecule has 1 aromatic carbocycles. The summed E-state index contributed by atoms with van der Waals surface area (Å²) >= 11 is 6.89. The number of thiocarbonyl (C=S) groups is 1. The van der Waals surface area contributed by atoms with E-state index in [1.165, 1.54) is 0 Å². The number of nitrogens with one attached hydrogen (secondary N) is 1. The van der Waals surface area contributed by atoms with Crippen molar-refractivity contribution < 1.29 is 0 Å². The first-order chi connectivity index (χ1) is 8.34. The van der Waals surface area contributed by atoms with E-state index in [0.717, 1.165) is 26.8 Å². The molecule has 1 aliphatic rings. The summed E-state index contributed by atoms with van der Waals surface area (Å²) in [5.41, 5.74) is 3.30. The van der Waals surface area contributed by atoms with E-state index in [-0.39, 0.29) is 0 Å². The highest BCUT2D eigenvalue weighted by Gasteiger charge is 2.16. The van der Waals surface area contributed by atoms with Crippen LogP contribution in [0, 0.1) is 0 Å². The maximum absolute atomic E-state index is 5.23. The third kappa shape index (κ3) is 2.01. The molecule has 0 bridgehead atoms. The average molecular weight is 258 g/mol. The molecule has 1 aromatic heterocycles. The van der Waals surface area contributed by atoms with Gasteiger partial charge in [-0.05, 0) is 11.4 Å². The zero-order chi connectivity index (χ0) is 11.7. The SMILES string of the molecule is S=C1CN=C(c2ccccc2)c2ccsc2N1. The van der Waals surface area contributed by atoms with E-state index in [1.54, 1.807) is 11.3 Å². The van der Waals surface area contributed by atoms with Crippen LogP contribution in [-0.4, -0.2) is 17.2 Å². The fourth-order valence-corrected chi connectivity index (χ4v) is 2.88. The molecule has 3 rings (SSSR count). The molecule has 4 heteroatoms. The molecule has 17 heavy (non-hydrogen) atoms. The van der Waals surface area contributed by atoms with E-state index in [2.05, 4.69) is 33.9 Å². The Morgan fingerprint density at radius 2 is 2.00 bits per heavy atom. The Hall–Kier alpha value is -1.52. The summed E-state index contributed by atoms with van der Waals surface area (Å²) in [5, 5.41) is 6.39. The Morgan fingerprint density at radius 3 is 2.82 bits per heavy atom. The molecular formula is C13H10N2S2. The predicted molar refractivity (Wildman–Crippen MR) is 77.5 cm³/mol. The molecule has 1 aliphatic heterocycles. The van der Waals surface area contributed by atoms with Gasteiger partial charge in [0, 0.05) is 11.1 Å². The minimum absolute atomic E-state index is 0.557. The molecule has 0 aliphatic carbocycles. The van der Waals surface area contributed by atoms with Gasteiger partial charge >= 0.3 is 0 Å². The first kappa shape index (κ1) is 10.6. The van der Waals surface area contributed by atoms with Crippen LogP contribution in [0.15, 0.2) is 46.8 Å². The third-order valence-electron chi connectivity index (χ3n) is 2.60. The number of fused-ring (bicyclic) bond motifs is 1. The molecule has 2 aromatic rings. The number of benzene rings is 1. The van der Waals surface area contributed by atoms with Crippen LogP contribution in [0.1, 0.15) is 11.1 Å². The second-order valence-corrected chi connectivity index (χ2v) is 5.15. The van der Waals surface area contributed by atoms with Crippen molar-refractivity contribution in [3.63, 3.8) is 0 Å². The summed E-state index contributed by atoms with van der Waals surface area (Å²) in [6.45, 7) is 0.557. The standard InChI is InChI=1S/C13H10N2S2/c16-11-8-14-12(9-4-2-1-3-5-9)10-6-7-17-13(10)15-11/h1-7H,8H2,(H,15,16). The lowest BCUT2D eigenvalue weighted by Gasteiger charge is -2.04. The number of anilines is 1. The quantitative estimate of drug-likeness (QED) is 0.793. The fourth-order valence-electron chi connectivity index (χ4n) is 1.84. The highest BCUT2D eigenvalue weighted by molar-refractivity contribution is 7.80. The number of rotatable bonds is 1. The van der Waals surface area contributed by atoms with Crippen molar-refractivity contribution in [3.8, 4) is 0 Å². The Morgan fingerprint density at radius 1 is 1.18 bits per heavy atom. The second-order valence-electron chi connectivity index (χ2n) is 3.74. The zero-order valence-electron chi connectivity index (χ0n) is 9.01. The molecule has 0 amide bonds. The third-order valence-corrected chi connectivity index (χ3v) is 3.66. The van der Waals surface area contributed by atoms with Crippen LogP contribution in [0.3, 0.4) is 0 Å². The van der Waals surface area contributed by atoms with Crippen molar-refractivity contribution in [1.82, 2.24) is 0 Å². The minimum atomic E-state index is 0.557. The van der Waals surface area contributed by atoms with E-state index in [0.29, 0.717) is 6.54 Å². The first-order valence-electron chi connectivity index (χ1n) is 5.32. The minimum Gasteiger partial charge on any atom is -0.340 e. The summed E-state index contributed by atoms with van der Waals surface area (Å²) in [6.07, 6.45) is 0. The number of thiophene rings is 1. The smallest absolute Gasteiger partial charge is 0.103 e. The largest absolute Gasteiger partial charge is 0.340 e. The summed E-state index contributed by atoms with van der Waals surface area (Å²) in [4.78, 5) is 5.39. The van der Waals surface area contributed by atoms with Crippen molar-refractivity contribution >= 4 is 39.3 Å². The van der Waals surface area contributed by atoms with Crippen LogP contribution >= 0.6 is 23.6 Å². The molecule has 1 N–H and O–H groups in total. The predicted octanol–water partition coefficient (Wildman–Crippen LogP) is 3.34. The van der Waals surface area contributed by atoms with Crippen molar-refractivity contribution in [2.75, 3.05) is 11.9 Å². The van der Waals surface area contributed by atoms with Crippen LogP contribution in [0.25, 0.3) is 0 Å². The molecular weight excluding hydrogens is 248 g/mol. The van der Waals surface area contributed by atoms with E-state index < -0.39 is 0 Å². The van der Waals surface area contributed by atoms with Gasteiger partial charge in [0.1, 0.15) is 9.99 Å². The van der Waals surface area contributed by atoms with Crippen molar-refractivity contribution in [2.45, 2.75) is 0 Å². The van der Waals surface area contributed by atoms with Crippen LogP contribution in [0.2, 0.25) is 0 Å². The van der Waals surface area contributed by atoms with Gasteiger partial charge in [0.15, 0.2) is 0 Å². The van der Waals surface area contributed by atoms with E-state index in [9.17, 15) is 0 Å². The summed E-state index contributed by atoms with van der Waals surface area (Å²) in [7, 11) is 0. The Labute approximate surface area is 109 Å².